The lowest BCUT2D eigenvalue weighted by Crippen LogP contribution is -2.01. The first-order valence-corrected chi connectivity index (χ1v) is 7.33. The molecule has 5 aromatic rings. The van der Waals surface area contributed by atoms with E-state index in [0.29, 0.717) is 0 Å². The fraction of sp³-hybridized carbons (Fsp3) is 0. The fourth-order valence-corrected chi connectivity index (χ4v) is 3.35. The summed E-state index contributed by atoms with van der Waals surface area (Å²) in [4.78, 5) is 0. The van der Waals surface area contributed by atoms with Crippen LogP contribution in [-0.2, 0) is 0 Å². The quantitative estimate of drug-likeness (QED) is 0.296. The van der Waals surface area contributed by atoms with Gasteiger partial charge in [-0.05, 0) is 39.7 Å². The second-order valence-electron chi connectivity index (χ2n) is 5.68. The number of furan rings is 1. The first-order valence-electron chi connectivity index (χ1n) is 7.33. The summed E-state index contributed by atoms with van der Waals surface area (Å²) in [5.41, 5.74) is 2.49. The molecule has 100 valence electrons. The fourth-order valence-electron chi connectivity index (χ4n) is 3.35. The molecule has 0 saturated carbocycles. The molecule has 1 heterocycles. The molecule has 0 saturated heterocycles. The maximum absolute atomic E-state index is 6.16. The highest BCUT2D eigenvalue weighted by Gasteiger charge is 2.11. The van der Waals surface area contributed by atoms with Gasteiger partial charge in [0.25, 0.3) is 0 Å². The smallest absolute Gasteiger partial charge is 0.136 e. The third kappa shape index (κ3) is 1.50. The Labute approximate surface area is 128 Å². The number of benzene rings is 4. The van der Waals surface area contributed by atoms with Crippen LogP contribution >= 0.6 is 0 Å². The van der Waals surface area contributed by atoms with Crippen molar-refractivity contribution < 1.29 is 4.42 Å². The van der Waals surface area contributed by atoms with Gasteiger partial charge in [-0.3, -0.25) is 0 Å². The lowest BCUT2D eigenvalue weighted by Gasteiger charge is -2.04. The summed E-state index contributed by atoms with van der Waals surface area (Å²) in [7, 11) is 6.16. The molecule has 0 atom stereocenters. The molecule has 0 aliphatic rings. The van der Waals surface area contributed by atoms with E-state index in [9.17, 15) is 0 Å². The van der Waals surface area contributed by atoms with E-state index in [-0.39, 0.29) is 0 Å². The molecule has 1 aromatic heterocycles. The summed E-state index contributed by atoms with van der Waals surface area (Å²) >= 11 is 0. The molecule has 0 aliphatic carbocycles. The van der Waals surface area contributed by atoms with E-state index in [1.807, 2.05) is 18.2 Å². The van der Waals surface area contributed by atoms with Gasteiger partial charge in [-0.15, -0.1) is 0 Å². The Balaban J connectivity index is 2.06. The molecule has 4 aromatic carbocycles. The van der Waals surface area contributed by atoms with Gasteiger partial charge in [-0.2, -0.15) is 0 Å². The van der Waals surface area contributed by atoms with Crippen molar-refractivity contribution in [3.63, 3.8) is 0 Å². The van der Waals surface area contributed by atoms with Gasteiger partial charge in [0, 0.05) is 10.8 Å². The van der Waals surface area contributed by atoms with Gasteiger partial charge in [0.2, 0.25) is 0 Å². The van der Waals surface area contributed by atoms with Crippen LogP contribution in [0.4, 0.5) is 0 Å². The second-order valence-corrected chi connectivity index (χ2v) is 5.68. The summed E-state index contributed by atoms with van der Waals surface area (Å²) < 4.78 is 5.97. The van der Waals surface area contributed by atoms with Crippen molar-refractivity contribution in [1.82, 2.24) is 0 Å². The first-order chi connectivity index (χ1) is 10.8. The Morgan fingerprint density at radius 1 is 0.636 bits per heavy atom. The van der Waals surface area contributed by atoms with Gasteiger partial charge in [0.1, 0.15) is 19.0 Å². The van der Waals surface area contributed by atoms with E-state index >= 15 is 0 Å². The number of hydrogen-bond donors (Lipinski definition) is 0. The predicted molar refractivity (Wildman–Crippen MR) is 94.1 cm³/mol. The lowest BCUT2D eigenvalue weighted by atomic mass is 9.90. The molecule has 0 bridgehead atoms. The standard InChI is InChI=1S/C20H11BO/c21-17-6-3-7-18-20(17)16-11-15-13(10-19(16)22-18)9-8-12-4-1-2-5-14(12)15/h1-11H. The summed E-state index contributed by atoms with van der Waals surface area (Å²) in [5, 5.41) is 7.01. The molecule has 0 spiro atoms. The third-order valence-electron chi connectivity index (χ3n) is 4.39. The highest BCUT2D eigenvalue weighted by Crippen LogP contribution is 2.34. The Kier molecular flexibility index (Phi) is 2.23. The number of hydrogen-bond acceptors (Lipinski definition) is 1. The first kappa shape index (κ1) is 11.9. The van der Waals surface area contributed by atoms with E-state index in [1.165, 1.54) is 21.5 Å². The molecule has 0 unspecified atom stereocenters. The van der Waals surface area contributed by atoms with Gasteiger partial charge >= 0.3 is 0 Å². The van der Waals surface area contributed by atoms with Crippen LogP contribution in [-0.4, -0.2) is 7.85 Å². The van der Waals surface area contributed by atoms with Gasteiger partial charge in [-0.1, -0.05) is 54.0 Å². The largest absolute Gasteiger partial charge is 0.456 e. The summed E-state index contributed by atoms with van der Waals surface area (Å²) in [6.45, 7) is 0. The van der Waals surface area contributed by atoms with Crippen molar-refractivity contribution in [2.75, 3.05) is 0 Å². The zero-order valence-corrected chi connectivity index (χ0v) is 11.8. The highest BCUT2D eigenvalue weighted by atomic mass is 16.3. The van der Waals surface area contributed by atoms with Crippen LogP contribution in [0.3, 0.4) is 0 Å². The summed E-state index contributed by atoms with van der Waals surface area (Å²) in [6, 6.07) is 22.9. The normalized spacial score (nSPS) is 11.8. The van der Waals surface area contributed by atoms with Crippen molar-refractivity contribution >= 4 is 56.8 Å². The van der Waals surface area contributed by atoms with Gasteiger partial charge in [0.05, 0.1) is 0 Å². The minimum atomic E-state index is 0.760. The van der Waals surface area contributed by atoms with Crippen LogP contribution in [0.15, 0.2) is 71.1 Å². The third-order valence-corrected chi connectivity index (χ3v) is 4.39. The van der Waals surface area contributed by atoms with Crippen molar-refractivity contribution in [2.45, 2.75) is 0 Å². The Bertz CT molecular complexity index is 1180. The molecule has 0 N–H and O–H groups in total. The van der Waals surface area contributed by atoms with Crippen LogP contribution in [0.2, 0.25) is 0 Å². The van der Waals surface area contributed by atoms with Crippen LogP contribution in [0.1, 0.15) is 0 Å². The van der Waals surface area contributed by atoms with E-state index < -0.39 is 0 Å². The summed E-state index contributed by atoms with van der Waals surface area (Å²) in [5.74, 6) is 0. The zero-order chi connectivity index (χ0) is 14.7. The Morgan fingerprint density at radius 2 is 1.50 bits per heavy atom. The average Bonchev–Trinajstić information content (AvgIpc) is 2.91. The van der Waals surface area contributed by atoms with Crippen molar-refractivity contribution in [1.29, 1.82) is 0 Å². The Hall–Kier alpha value is -2.74. The predicted octanol–water partition coefficient (Wildman–Crippen LogP) is 4.69. The molecule has 5 rings (SSSR count). The van der Waals surface area contributed by atoms with E-state index in [1.54, 1.807) is 0 Å². The zero-order valence-electron chi connectivity index (χ0n) is 11.8. The molecule has 0 fully saturated rings. The topological polar surface area (TPSA) is 13.1 Å². The number of fused-ring (bicyclic) bond motifs is 6. The van der Waals surface area contributed by atoms with Gasteiger partial charge in [0.15, 0.2) is 0 Å². The summed E-state index contributed by atoms with van der Waals surface area (Å²) in [6.07, 6.45) is 0. The SMILES string of the molecule is [B]c1cccc2oc3cc4ccc5ccccc5c4cc3c12. The average molecular weight is 278 g/mol. The molecule has 2 heteroatoms. The van der Waals surface area contributed by atoms with Gasteiger partial charge < -0.3 is 4.42 Å². The van der Waals surface area contributed by atoms with Crippen LogP contribution in [0.5, 0.6) is 0 Å². The van der Waals surface area contributed by atoms with E-state index in [4.69, 9.17) is 12.3 Å². The van der Waals surface area contributed by atoms with Gasteiger partial charge in [-0.25, -0.2) is 0 Å². The van der Waals surface area contributed by atoms with Crippen LogP contribution in [0, 0.1) is 0 Å². The maximum atomic E-state index is 6.16. The minimum Gasteiger partial charge on any atom is -0.456 e. The van der Waals surface area contributed by atoms with E-state index in [2.05, 4.69) is 48.5 Å². The van der Waals surface area contributed by atoms with Crippen molar-refractivity contribution in [3.05, 3.63) is 66.7 Å². The Morgan fingerprint density at radius 3 is 2.45 bits per heavy atom. The van der Waals surface area contributed by atoms with Crippen molar-refractivity contribution in [3.8, 4) is 0 Å². The molecular weight excluding hydrogens is 267 g/mol. The minimum absolute atomic E-state index is 0.760. The molecule has 1 nitrogen and oxygen atoms in total. The van der Waals surface area contributed by atoms with Crippen LogP contribution < -0.4 is 5.46 Å². The van der Waals surface area contributed by atoms with Crippen LogP contribution in [0.25, 0.3) is 43.5 Å². The molecule has 0 amide bonds. The number of rotatable bonds is 0. The molecule has 22 heavy (non-hydrogen) atoms. The van der Waals surface area contributed by atoms with E-state index in [0.717, 1.165) is 27.4 Å². The maximum Gasteiger partial charge on any atom is 0.136 e. The molecule has 0 aliphatic heterocycles. The monoisotopic (exact) mass is 278 g/mol. The molecular formula is C20H11BO. The lowest BCUT2D eigenvalue weighted by molar-refractivity contribution is 0.669. The molecule has 2 radical (unpaired) electrons. The van der Waals surface area contributed by atoms with Crippen molar-refractivity contribution in [2.24, 2.45) is 0 Å². The highest BCUT2D eigenvalue weighted by molar-refractivity contribution is 6.41. The second kappa shape index (κ2) is 4.14.